The number of hydrogen-bond donors (Lipinski definition) is 1. The molecule has 0 aliphatic carbocycles. The van der Waals surface area contributed by atoms with Crippen molar-refractivity contribution in [2.75, 3.05) is 19.7 Å². The van der Waals surface area contributed by atoms with Crippen molar-refractivity contribution in [3.8, 4) is 0 Å². The molecule has 2 heterocycles. The van der Waals surface area contributed by atoms with E-state index in [-0.39, 0.29) is 12.4 Å². The maximum absolute atomic E-state index is 5.87. The minimum absolute atomic E-state index is 0. The lowest BCUT2D eigenvalue weighted by Crippen LogP contribution is -2.45. The first-order valence-electron chi connectivity index (χ1n) is 4.76. The first-order valence-corrected chi connectivity index (χ1v) is 4.76. The highest BCUT2D eigenvalue weighted by Gasteiger charge is 2.34. The van der Waals surface area contributed by atoms with Gasteiger partial charge < -0.3 is 10.1 Å². The third-order valence-electron chi connectivity index (χ3n) is 2.95. The number of ether oxygens (including phenoxy) is 1. The van der Waals surface area contributed by atoms with E-state index in [2.05, 4.69) is 5.32 Å². The Balaban J connectivity index is 0.000000720. The lowest BCUT2D eigenvalue weighted by Gasteiger charge is -2.40. The first kappa shape index (κ1) is 10.3. The molecule has 0 atom stereocenters. The zero-order valence-corrected chi connectivity index (χ0v) is 8.29. The topological polar surface area (TPSA) is 21.3 Å². The second kappa shape index (κ2) is 4.45. The number of hydrogen-bond acceptors (Lipinski definition) is 2. The highest BCUT2D eigenvalue weighted by atomic mass is 35.5. The smallest absolute Gasteiger partial charge is 0.0706 e. The molecule has 0 amide bonds. The Labute approximate surface area is 80.5 Å². The summed E-state index contributed by atoms with van der Waals surface area (Å²) >= 11 is 0. The molecule has 0 unspecified atom stereocenters. The minimum atomic E-state index is 0. The molecule has 2 aliphatic heterocycles. The summed E-state index contributed by atoms with van der Waals surface area (Å²) in [5, 5.41) is 3.38. The fourth-order valence-corrected chi connectivity index (χ4v) is 2.19. The fourth-order valence-electron chi connectivity index (χ4n) is 2.19. The van der Waals surface area contributed by atoms with Gasteiger partial charge in [-0.2, -0.15) is 0 Å². The summed E-state index contributed by atoms with van der Waals surface area (Å²) in [4.78, 5) is 0. The van der Waals surface area contributed by atoms with Gasteiger partial charge in [-0.1, -0.05) is 0 Å². The Bertz CT molecular complexity index is 109. The molecular weight excluding hydrogens is 174 g/mol. The molecule has 0 radical (unpaired) electrons. The maximum Gasteiger partial charge on any atom is 0.0706 e. The second-order valence-corrected chi connectivity index (χ2v) is 3.74. The zero-order valence-electron chi connectivity index (χ0n) is 7.47. The molecule has 72 valence electrons. The highest BCUT2D eigenvalue weighted by molar-refractivity contribution is 5.85. The van der Waals surface area contributed by atoms with Gasteiger partial charge in [0.1, 0.15) is 0 Å². The van der Waals surface area contributed by atoms with Gasteiger partial charge >= 0.3 is 0 Å². The van der Waals surface area contributed by atoms with Crippen molar-refractivity contribution in [1.29, 1.82) is 0 Å². The first-order chi connectivity index (χ1) is 5.41. The Morgan fingerprint density at radius 1 is 1.00 bits per heavy atom. The third-order valence-corrected chi connectivity index (χ3v) is 2.95. The van der Waals surface area contributed by atoms with Crippen LogP contribution in [0.3, 0.4) is 0 Å². The summed E-state index contributed by atoms with van der Waals surface area (Å²) in [6, 6.07) is 0. The van der Waals surface area contributed by atoms with Crippen LogP contribution in [-0.4, -0.2) is 25.3 Å². The standard InChI is InChI=1S/C9H17NO.ClH/c1-2-8-11-9(3-1)4-6-10-7-5-9;/h10H,1-8H2;1H. The van der Waals surface area contributed by atoms with E-state index < -0.39 is 0 Å². The molecule has 1 N–H and O–H groups in total. The Morgan fingerprint density at radius 2 is 1.75 bits per heavy atom. The van der Waals surface area contributed by atoms with Crippen LogP contribution in [0.25, 0.3) is 0 Å². The summed E-state index contributed by atoms with van der Waals surface area (Å²) < 4.78 is 5.87. The van der Waals surface area contributed by atoms with Crippen LogP contribution >= 0.6 is 12.4 Å². The molecule has 2 saturated heterocycles. The molecule has 2 aliphatic rings. The van der Waals surface area contributed by atoms with Crippen LogP contribution in [0.15, 0.2) is 0 Å². The van der Waals surface area contributed by atoms with Gasteiger partial charge in [-0.3, -0.25) is 0 Å². The van der Waals surface area contributed by atoms with Crippen LogP contribution < -0.4 is 5.32 Å². The molecular formula is C9H18ClNO. The van der Waals surface area contributed by atoms with E-state index in [0.29, 0.717) is 5.60 Å². The largest absolute Gasteiger partial charge is 0.375 e. The minimum Gasteiger partial charge on any atom is -0.375 e. The molecule has 3 heteroatoms. The van der Waals surface area contributed by atoms with Crippen molar-refractivity contribution < 1.29 is 4.74 Å². The predicted octanol–water partition coefficient (Wildman–Crippen LogP) is 1.73. The molecule has 0 aromatic rings. The van der Waals surface area contributed by atoms with Crippen molar-refractivity contribution >= 4 is 12.4 Å². The van der Waals surface area contributed by atoms with Gasteiger partial charge in [0.25, 0.3) is 0 Å². The number of nitrogens with one attached hydrogen (secondary N) is 1. The van der Waals surface area contributed by atoms with Gasteiger partial charge in [0.15, 0.2) is 0 Å². The molecule has 2 fully saturated rings. The average molecular weight is 192 g/mol. The van der Waals surface area contributed by atoms with E-state index in [1.165, 1.54) is 32.1 Å². The summed E-state index contributed by atoms with van der Waals surface area (Å²) in [6.45, 7) is 3.31. The third kappa shape index (κ3) is 2.12. The van der Waals surface area contributed by atoms with E-state index in [1.54, 1.807) is 0 Å². The van der Waals surface area contributed by atoms with Crippen molar-refractivity contribution in [3.63, 3.8) is 0 Å². The lowest BCUT2D eigenvalue weighted by atomic mass is 9.85. The highest BCUT2D eigenvalue weighted by Crippen LogP contribution is 2.32. The molecule has 0 aromatic carbocycles. The van der Waals surface area contributed by atoms with E-state index in [0.717, 1.165) is 19.7 Å². The summed E-state index contributed by atoms with van der Waals surface area (Å²) in [6.07, 6.45) is 6.41. The van der Waals surface area contributed by atoms with Crippen LogP contribution in [0.4, 0.5) is 0 Å². The van der Waals surface area contributed by atoms with Crippen molar-refractivity contribution in [2.45, 2.75) is 37.7 Å². The van der Waals surface area contributed by atoms with Crippen LogP contribution in [0.2, 0.25) is 0 Å². The van der Waals surface area contributed by atoms with Crippen LogP contribution in [-0.2, 0) is 4.74 Å². The Kier molecular flexibility index (Phi) is 3.81. The number of halogens is 1. The van der Waals surface area contributed by atoms with Gasteiger partial charge in [-0.05, 0) is 45.2 Å². The van der Waals surface area contributed by atoms with Gasteiger partial charge in [0.2, 0.25) is 0 Å². The predicted molar refractivity (Wildman–Crippen MR) is 51.9 cm³/mol. The van der Waals surface area contributed by atoms with E-state index in [4.69, 9.17) is 4.74 Å². The van der Waals surface area contributed by atoms with Crippen molar-refractivity contribution in [3.05, 3.63) is 0 Å². The number of piperidine rings is 1. The molecule has 0 bridgehead atoms. The molecule has 12 heavy (non-hydrogen) atoms. The summed E-state index contributed by atoms with van der Waals surface area (Å²) in [5.74, 6) is 0. The van der Waals surface area contributed by atoms with Gasteiger partial charge in [0.05, 0.1) is 5.60 Å². The second-order valence-electron chi connectivity index (χ2n) is 3.74. The lowest BCUT2D eigenvalue weighted by molar-refractivity contribution is -0.0952. The van der Waals surface area contributed by atoms with Gasteiger partial charge in [-0.25, -0.2) is 0 Å². The van der Waals surface area contributed by atoms with E-state index in [1.807, 2.05) is 0 Å². The van der Waals surface area contributed by atoms with Crippen LogP contribution in [0, 0.1) is 0 Å². The van der Waals surface area contributed by atoms with E-state index in [9.17, 15) is 0 Å². The van der Waals surface area contributed by atoms with Gasteiger partial charge in [0, 0.05) is 6.61 Å². The quantitative estimate of drug-likeness (QED) is 0.630. The molecule has 1 spiro atoms. The Hall–Kier alpha value is 0.210. The molecule has 2 rings (SSSR count). The molecule has 0 aromatic heterocycles. The van der Waals surface area contributed by atoms with Crippen molar-refractivity contribution in [2.24, 2.45) is 0 Å². The Morgan fingerprint density at radius 3 is 2.33 bits per heavy atom. The number of rotatable bonds is 0. The zero-order chi connectivity index (χ0) is 7.57. The van der Waals surface area contributed by atoms with Crippen LogP contribution in [0.5, 0.6) is 0 Å². The SMILES string of the molecule is C1CCC2(CCNCC2)OC1.Cl. The summed E-state index contributed by atoms with van der Waals surface area (Å²) in [7, 11) is 0. The van der Waals surface area contributed by atoms with Gasteiger partial charge in [-0.15, -0.1) is 12.4 Å². The molecule has 0 saturated carbocycles. The van der Waals surface area contributed by atoms with Crippen molar-refractivity contribution in [1.82, 2.24) is 5.32 Å². The van der Waals surface area contributed by atoms with E-state index >= 15 is 0 Å². The fraction of sp³-hybridized carbons (Fsp3) is 1.00. The van der Waals surface area contributed by atoms with Crippen LogP contribution in [0.1, 0.15) is 32.1 Å². The monoisotopic (exact) mass is 191 g/mol. The maximum atomic E-state index is 5.87. The average Bonchev–Trinajstić information content (AvgIpc) is 2.07. The summed E-state index contributed by atoms with van der Waals surface area (Å²) in [5.41, 5.74) is 0.295. The normalized spacial score (nSPS) is 28.0. The molecule has 2 nitrogen and oxygen atoms in total.